The summed E-state index contributed by atoms with van der Waals surface area (Å²) in [4.78, 5) is 17.0. The van der Waals surface area contributed by atoms with Gasteiger partial charge in [0, 0.05) is 35.1 Å². The van der Waals surface area contributed by atoms with Gasteiger partial charge in [-0.1, -0.05) is 29.8 Å². The molecule has 0 atom stereocenters. The van der Waals surface area contributed by atoms with E-state index in [0.29, 0.717) is 5.52 Å². The van der Waals surface area contributed by atoms with Gasteiger partial charge in [-0.25, -0.2) is 0 Å². The van der Waals surface area contributed by atoms with Crippen molar-refractivity contribution in [1.82, 2.24) is 9.38 Å². The maximum atomic E-state index is 13.9. The molecule has 0 aliphatic carbocycles. The van der Waals surface area contributed by atoms with Gasteiger partial charge in [-0.15, -0.1) is 0 Å². The Balaban J connectivity index is 2.14. The number of carbonyl (C=O) groups excluding carboxylic acids is 1. The fraction of sp³-hybridized carbons (Fsp3) is 0.100. The van der Waals surface area contributed by atoms with Crippen molar-refractivity contribution in [1.29, 1.82) is 0 Å². The third-order valence-electron chi connectivity index (χ3n) is 4.41. The Morgan fingerprint density at radius 2 is 1.77 bits per heavy atom. The highest BCUT2D eigenvalue weighted by atomic mass is 19.4. The Labute approximate surface area is 146 Å². The number of rotatable bonds is 2. The number of aromatic nitrogens is 2. The van der Waals surface area contributed by atoms with Crippen molar-refractivity contribution in [2.24, 2.45) is 0 Å². The molecule has 3 nitrogen and oxygen atoms in total. The van der Waals surface area contributed by atoms with Crippen LogP contribution in [-0.4, -0.2) is 15.2 Å². The summed E-state index contributed by atoms with van der Waals surface area (Å²) in [5.74, 6) is -0.668. The molecule has 0 saturated carbocycles. The summed E-state index contributed by atoms with van der Waals surface area (Å²) in [5, 5.41) is 0.175. The third-order valence-corrected chi connectivity index (χ3v) is 4.41. The van der Waals surface area contributed by atoms with Crippen LogP contribution < -0.4 is 0 Å². The molecule has 0 saturated heterocycles. The van der Waals surface area contributed by atoms with Gasteiger partial charge >= 0.3 is 6.18 Å². The molecule has 0 N–H and O–H groups in total. The summed E-state index contributed by atoms with van der Waals surface area (Å²) < 4.78 is 43.3. The average molecular weight is 354 g/mol. The van der Waals surface area contributed by atoms with E-state index in [4.69, 9.17) is 0 Å². The highest BCUT2D eigenvalue weighted by Gasteiger charge is 2.39. The minimum atomic E-state index is -4.68. The number of aryl methyl sites for hydroxylation is 1. The van der Waals surface area contributed by atoms with Crippen molar-refractivity contribution in [2.75, 3.05) is 0 Å². The molecular weight excluding hydrogens is 341 g/mol. The number of hydrogen-bond donors (Lipinski definition) is 0. The minimum Gasteiger partial charge on any atom is -0.316 e. The summed E-state index contributed by atoms with van der Waals surface area (Å²) in [5.41, 5.74) is 0.285. The number of benzene rings is 1. The number of halogens is 3. The first-order valence-electron chi connectivity index (χ1n) is 7.93. The summed E-state index contributed by atoms with van der Waals surface area (Å²) in [6, 6.07) is 11.0. The summed E-state index contributed by atoms with van der Waals surface area (Å²) in [6.45, 7) is 1.85. The molecule has 6 heteroatoms. The van der Waals surface area contributed by atoms with Gasteiger partial charge in [-0.3, -0.25) is 9.78 Å². The molecule has 0 fully saturated rings. The van der Waals surface area contributed by atoms with Gasteiger partial charge in [0.2, 0.25) is 0 Å². The molecule has 130 valence electrons. The molecule has 0 unspecified atom stereocenters. The van der Waals surface area contributed by atoms with Crippen molar-refractivity contribution < 1.29 is 18.0 Å². The smallest absolute Gasteiger partial charge is 0.316 e. The lowest BCUT2D eigenvalue weighted by molar-refractivity contribution is -0.136. The van der Waals surface area contributed by atoms with Gasteiger partial charge in [0.15, 0.2) is 5.78 Å². The second-order valence-corrected chi connectivity index (χ2v) is 6.10. The largest absolute Gasteiger partial charge is 0.419 e. The Kier molecular flexibility index (Phi) is 3.57. The van der Waals surface area contributed by atoms with Crippen molar-refractivity contribution in [2.45, 2.75) is 13.1 Å². The van der Waals surface area contributed by atoms with E-state index in [2.05, 4.69) is 4.98 Å². The van der Waals surface area contributed by atoms with Crippen LogP contribution in [0.5, 0.6) is 0 Å². The van der Waals surface area contributed by atoms with Gasteiger partial charge in [0.05, 0.1) is 16.6 Å². The SMILES string of the molecule is Cc1ccc(C(=O)c2c(C(F)(F)F)c3cccn3c3ccncc23)cc1. The zero-order chi connectivity index (χ0) is 18.5. The van der Waals surface area contributed by atoms with Crippen molar-refractivity contribution in [3.05, 3.63) is 83.3 Å². The van der Waals surface area contributed by atoms with E-state index in [1.165, 1.54) is 28.9 Å². The molecule has 0 aliphatic heterocycles. The predicted molar refractivity (Wildman–Crippen MR) is 92.3 cm³/mol. The Hall–Kier alpha value is -3.15. The lowest BCUT2D eigenvalue weighted by atomic mass is 9.94. The maximum absolute atomic E-state index is 13.9. The lowest BCUT2D eigenvalue weighted by Crippen LogP contribution is -2.17. The van der Waals surface area contributed by atoms with Crippen LogP contribution in [0, 0.1) is 6.92 Å². The fourth-order valence-corrected chi connectivity index (χ4v) is 3.22. The van der Waals surface area contributed by atoms with E-state index < -0.39 is 17.5 Å². The number of carbonyl (C=O) groups is 1. The van der Waals surface area contributed by atoms with Gasteiger partial charge in [-0.05, 0) is 25.1 Å². The van der Waals surface area contributed by atoms with Crippen molar-refractivity contribution in [3.8, 4) is 0 Å². The second kappa shape index (κ2) is 5.69. The third kappa shape index (κ3) is 2.45. The Bertz CT molecular complexity index is 1140. The molecule has 0 aliphatic rings. The molecule has 0 bridgehead atoms. The zero-order valence-corrected chi connectivity index (χ0v) is 13.7. The normalized spacial score (nSPS) is 12.0. The van der Waals surface area contributed by atoms with Crippen LogP contribution in [0.2, 0.25) is 0 Å². The van der Waals surface area contributed by atoms with Gasteiger partial charge in [0.1, 0.15) is 0 Å². The van der Waals surface area contributed by atoms with Crippen molar-refractivity contribution in [3.63, 3.8) is 0 Å². The summed E-state index contributed by atoms with van der Waals surface area (Å²) >= 11 is 0. The molecule has 3 heterocycles. The van der Waals surface area contributed by atoms with E-state index in [0.717, 1.165) is 5.56 Å². The van der Waals surface area contributed by atoms with E-state index in [1.54, 1.807) is 36.5 Å². The molecule has 0 radical (unpaired) electrons. The Morgan fingerprint density at radius 3 is 2.46 bits per heavy atom. The van der Waals surface area contributed by atoms with Crippen LogP contribution in [0.25, 0.3) is 16.4 Å². The number of pyridine rings is 2. The first kappa shape index (κ1) is 16.3. The first-order valence-corrected chi connectivity index (χ1v) is 7.93. The zero-order valence-electron chi connectivity index (χ0n) is 13.7. The van der Waals surface area contributed by atoms with Crippen LogP contribution >= 0.6 is 0 Å². The number of ketones is 1. The van der Waals surface area contributed by atoms with Gasteiger partial charge in [0.25, 0.3) is 0 Å². The van der Waals surface area contributed by atoms with E-state index in [9.17, 15) is 18.0 Å². The average Bonchev–Trinajstić information content (AvgIpc) is 3.09. The Morgan fingerprint density at radius 1 is 1.04 bits per heavy atom. The van der Waals surface area contributed by atoms with Crippen LogP contribution in [0.1, 0.15) is 27.0 Å². The first-order chi connectivity index (χ1) is 12.4. The highest BCUT2D eigenvalue weighted by Crippen LogP contribution is 2.39. The quantitative estimate of drug-likeness (QED) is 0.472. The number of nitrogens with zero attached hydrogens (tertiary/aromatic N) is 2. The number of hydrogen-bond acceptors (Lipinski definition) is 2. The fourth-order valence-electron chi connectivity index (χ4n) is 3.22. The molecule has 0 spiro atoms. The standard InChI is InChI=1S/C20H13F3N2O/c1-12-4-6-13(7-5-12)19(26)17-14-11-24-9-8-15(14)25-10-2-3-16(25)18(17)20(21,22)23/h2-11H,1H3. The number of alkyl halides is 3. The van der Waals surface area contributed by atoms with Crippen LogP contribution in [0.15, 0.2) is 61.1 Å². The van der Waals surface area contributed by atoms with Crippen molar-refractivity contribution >= 4 is 22.2 Å². The maximum Gasteiger partial charge on any atom is 0.419 e. The summed E-state index contributed by atoms with van der Waals surface area (Å²) in [6.07, 6.45) is -0.326. The molecule has 26 heavy (non-hydrogen) atoms. The van der Waals surface area contributed by atoms with E-state index in [1.807, 2.05) is 6.92 Å². The van der Waals surface area contributed by atoms with Gasteiger partial charge in [-0.2, -0.15) is 13.2 Å². The molecule has 1 aromatic carbocycles. The molecular formula is C20H13F3N2O. The van der Waals surface area contributed by atoms with Gasteiger partial charge < -0.3 is 4.40 Å². The van der Waals surface area contributed by atoms with E-state index in [-0.39, 0.29) is 22.0 Å². The predicted octanol–water partition coefficient (Wildman–Crippen LogP) is 5.05. The number of fused-ring (bicyclic) bond motifs is 3. The molecule has 4 rings (SSSR count). The lowest BCUT2D eigenvalue weighted by Gasteiger charge is -2.17. The monoisotopic (exact) mass is 354 g/mol. The highest BCUT2D eigenvalue weighted by molar-refractivity contribution is 6.18. The minimum absolute atomic E-state index is 0.0494. The topological polar surface area (TPSA) is 34.4 Å². The van der Waals surface area contributed by atoms with Crippen LogP contribution in [0.3, 0.4) is 0 Å². The second-order valence-electron chi connectivity index (χ2n) is 6.10. The summed E-state index contributed by atoms with van der Waals surface area (Å²) in [7, 11) is 0. The van der Waals surface area contributed by atoms with Crippen LogP contribution in [-0.2, 0) is 6.18 Å². The van der Waals surface area contributed by atoms with Crippen LogP contribution in [0.4, 0.5) is 13.2 Å². The molecule has 4 aromatic rings. The molecule has 0 amide bonds. The van der Waals surface area contributed by atoms with E-state index >= 15 is 0 Å². The molecule has 3 aromatic heterocycles.